The zero-order valence-electron chi connectivity index (χ0n) is 12.3. The van der Waals surface area contributed by atoms with Gasteiger partial charge in [0, 0.05) is 24.8 Å². The largest absolute Gasteiger partial charge is 0.478 e. The normalized spacial score (nSPS) is 12.5. The van der Waals surface area contributed by atoms with Gasteiger partial charge in [0.15, 0.2) is 0 Å². The number of carboxylic acid groups (broad SMARTS) is 1. The monoisotopic (exact) mass is 265 g/mol. The molecule has 0 fully saturated rings. The molecule has 0 saturated carbocycles. The zero-order valence-corrected chi connectivity index (χ0v) is 12.3. The lowest BCUT2D eigenvalue weighted by molar-refractivity contribution is 0.0696. The van der Waals surface area contributed by atoms with Crippen LogP contribution >= 0.6 is 0 Å². The van der Waals surface area contributed by atoms with Crippen LogP contribution in [0.4, 0.5) is 5.82 Å². The Hall–Kier alpha value is -1.62. The summed E-state index contributed by atoms with van der Waals surface area (Å²) in [5.74, 6) is -0.183. The van der Waals surface area contributed by atoms with Crippen molar-refractivity contribution in [2.75, 3.05) is 32.1 Å². The summed E-state index contributed by atoms with van der Waals surface area (Å²) in [6.45, 7) is 7.68. The molecule has 0 saturated heterocycles. The molecular formula is C14H23N3O2. The van der Waals surface area contributed by atoms with Crippen LogP contribution in [0.2, 0.25) is 0 Å². The number of hydrogen-bond acceptors (Lipinski definition) is 4. The van der Waals surface area contributed by atoms with Crippen LogP contribution in [0.15, 0.2) is 12.1 Å². The summed E-state index contributed by atoms with van der Waals surface area (Å²) < 4.78 is 0. The number of pyridine rings is 1. The third-order valence-corrected chi connectivity index (χ3v) is 2.98. The van der Waals surface area contributed by atoms with Crippen LogP contribution in [0.25, 0.3) is 0 Å². The molecule has 0 aliphatic rings. The topological polar surface area (TPSA) is 56.7 Å². The van der Waals surface area contributed by atoms with E-state index in [0.29, 0.717) is 0 Å². The maximum atomic E-state index is 11.1. The molecule has 1 rings (SSSR count). The molecule has 0 amide bonds. The maximum absolute atomic E-state index is 11.1. The molecule has 1 aromatic heterocycles. The van der Waals surface area contributed by atoms with Crippen molar-refractivity contribution < 1.29 is 9.90 Å². The lowest BCUT2D eigenvalue weighted by Crippen LogP contribution is -2.40. The van der Waals surface area contributed by atoms with E-state index in [1.165, 1.54) is 0 Å². The van der Waals surface area contributed by atoms with Crippen molar-refractivity contribution in [1.82, 2.24) is 9.88 Å². The molecule has 0 radical (unpaired) electrons. The summed E-state index contributed by atoms with van der Waals surface area (Å²) in [4.78, 5) is 19.8. The summed E-state index contributed by atoms with van der Waals surface area (Å²) in [6.07, 6.45) is 0. The van der Waals surface area contributed by atoms with Crippen LogP contribution in [-0.4, -0.2) is 54.2 Å². The molecular weight excluding hydrogens is 242 g/mol. The molecule has 1 heterocycles. The van der Waals surface area contributed by atoms with Gasteiger partial charge in [-0.3, -0.25) is 0 Å². The Kier molecular flexibility index (Phi) is 5.30. The van der Waals surface area contributed by atoms with Crippen LogP contribution in [0.1, 0.15) is 29.9 Å². The fraction of sp³-hybridized carbons (Fsp3) is 0.571. The summed E-state index contributed by atoms with van der Waals surface area (Å²) in [5.41, 5.74) is 1.02. The van der Waals surface area contributed by atoms with E-state index in [0.717, 1.165) is 24.6 Å². The first-order valence-corrected chi connectivity index (χ1v) is 6.48. The Labute approximate surface area is 114 Å². The number of aromatic nitrogens is 1. The minimum absolute atomic E-state index is 0.274. The molecule has 0 spiro atoms. The first-order valence-electron chi connectivity index (χ1n) is 6.48. The molecule has 1 N–H and O–H groups in total. The molecule has 0 aromatic carbocycles. The quantitative estimate of drug-likeness (QED) is 0.851. The number of anilines is 1. The van der Waals surface area contributed by atoms with E-state index in [9.17, 15) is 4.79 Å². The van der Waals surface area contributed by atoms with Crippen molar-refractivity contribution in [2.24, 2.45) is 0 Å². The SMILES string of the molecule is CCN(c1cc(C(=O)O)cc(C)n1)C(C)CN(C)C. The second-order valence-corrected chi connectivity index (χ2v) is 5.06. The van der Waals surface area contributed by atoms with E-state index in [1.54, 1.807) is 12.1 Å². The smallest absolute Gasteiger partial charge is 0.335 e. The highest BCUT2D eigenvalue weighted by molar-refractivity contribution is 5.88. The third-order valence-electron chi connectivity index (χ3n) is 2.98. The average molecular weight is 265 g/mol. The summed E-state index contributed by atoms with van der Waals surface area (Å²) in [7, 11) is 4.05. The molecule has 0 bridgehead atoms. The number of carbonyl (C=O) groups is 1. The number of carboxylic acids is 1. The van der Waals surface area contributed by atoms with Crippen molar-refractivity contribution in [1.29, 1.82) is 0 Å². The van der Waals surface area contributed by atoms with E-state index in [2.05, 4.69) is 28.6 Å². The Balaban J connectivity index is 3.07. The molecule has 5 nitrogen and oxygen atoms in total. The van der Waals surface area contributed by atoms with E-state index >= 15 is 0 Å². The standard InChI is InChI=1S/C14H23N3O2/c1-6-17(11(3)9-16(4)5)13-8-12(14(18)19)7-10(2)15-13/h7-8,11H,6,9H2,1-5H3,(H,18,19). The van der Waals surface area contributed by atoms with Gasteiger partial charge in [-0.05, 0) is 47.0 Å². The Morgan fingerprint density at radius 3 is 2.53 bits per heavy atom. The van der Waals surface area contributed by atoms with Crippen molar-refractivity contribution in [3.05, 3.63) is 23.4 Å². The average Bonchev–Trinajstić information content (AvgIpc) is 2.27. The highest BCUT2D eigenvalue weighted by Gasteiger charge is 2.17. The molecule has 19 heavy (non-hydrogen) atoms. The van der Waals surface area contributed by atoms with Gasteiger partial charge in [-0.2, -0.15) is 0 Å². The number of aryl methyl sites for hydroxylation is 1. The third kappa shape index (κ3) is 4.21. The molecule has 1 atom stereocenters. The molecule has 0 aliphatic heterocycles. The van der Waals surface area contributed by atoms with Crippen LogP contribution in [-0.2, 0) is 0 Å². The van der Waals surface area contributed by atoms with Gasteiger partial charge < -0.3 is 14.9 Å². The van der Waals surface area contributed by atoms with Gasteiger partial charge in [0.1, 0.15) is 5.82 Å². The predicted molar refractivity (Wildman–Crippen MR) is 77.0 cm³/mol. The Morgan fingerprint density at radius 2 is 2.05 bits per heavy atom. The van der Waals surface area contributed by atoms with E-state index in [-0.39, 0.29) is 11.6 Å². The molecule has 1 aromatic rings. The van der Waals surface area contributed by atoms with Gasteiger partial charge in [0.05, 0.1) is 5.56 Å². The first kappa shape index (κ1) is 15.4. The predicted octanol–water partition coefficient (Wildman–Crippen LogP) is 1.86. The summed E-state index contributed by atoms with van der Waals surface area (Å²) in [6, 6.07) is 3.51. The lowest BCUT2D eigenvalue weighted by Gasteiger charge is -2.31. The van der Waals surface area contributed by atoms with Crippen LogP contribution in [0.3, 0.4) is 0 Å². The number of nitrogens with zero attached hydrogens (tertiary/aromatic N) is 3. The first-order chi connectivity index (χ1) is 8.85. The van der Waals surface area contributed by atoms with E-state index in [1.807, 2.05) is 21.0 Å². The van der Waals surface area contributed by atoms with Gasteiger partial charge in [0.25, 0.3) is 0 Å². The zero-order chi connectivity index (χ0) is 14.6. The van der Waals surface area contributed by atoms with Crippen molar-refractivity contribution in [3.63, 3.8) is 0 Å². The summed E-state index contributed by atoms with van der Waals surface area (Å²) in [5, 5.41) is 9.12. The van der Waals surface area contributed by atoms with Crippen molar-refractivity contribution >= 4 is 11.8 Å². The highest BCUT2D eigenvalue weighted by Crippen LogP contribution is 2.17. The van der Waals surface area contributed by atoms with Gasteiger partial charge in [-0.1, -0.05) is 0 Å². The van der Waals surface area contributed by atoms with Gasteiger partial charge in [-0.15, -0.1) is 0 Å². The number of hydrogen-bond donors (Lipinski definition) is 1. The van der Waals surface area contributed by atoms with Crippen LogP contribution in [0, 0.1) is 6.92 Å². The molecule has 5 heteroatoms. The Bertz CT molecular complexity index is 446. The number of aromatic carboxylic acids is 1. The van der Waals surface area contributed by atoms with Crippen molar-refractivity contribution in [3.8, 4) is 0 Å². The minimum Gasteiger partial charge on any atom is -0.478 e. The van der Waals surface area contributed by atoms with Crippen LogP contribution < -0.4 is 4.90 Å². The Morgan fingerprint density at radius 1 is 1.42 bits per heavy atom. The van der Waals surface area contributed by atoms with E-state index < -0.39 is 5.97 Å². The van der Waals surface area contributed by atoms with Gasteiger partial charge in [-0.25, -0.2) is 9.78 Å². The molecule has 106 valence electrons. The lowest BCUT2D eigenvalue weighted by atomic mass is 10.2. The molecule has 1 unspecified atom stereocenters. The minimum atomic E-state index is -0.914. The fourth-order valence-electron chi connectivity index (χ4n) is 2.25. The second-order valence-electron chi connectivity index (χ2n) is 5.06. The maximum Gasteiger partial charge on any atom is 0.335 e. The second kappa shape index (κ2) is 6.52. The number of likely N-dealkylation sites (N-methyl/N-ethyl adjacent to an activating group) is 2. The van der Waals surface area contributed by atoms with Gasteiger partial charge in [0.2, 0.25) is 0 Å². The molecule has 0 aliphatic carbocycles. The van der Waals surface area contributed by atoms with Crippen LogP contribution in [0.5, 0.6) is 0 Å². The van der Waals surface area contributed by atoms with Crippen molar-refractivity contribution in [2.45, 2.75) is 26.8 Å². The number of rotatable bonds is 6. The highest BCUT2D eigenvalue weighted by atomic mass is 16.4. The summed E-state index contributed by atoms with van der Waals surface area (Å²) >= 11 is 0. The van der Waals surface area contributed by atoms with E-state index in [4.69, 9.17) is 5.11 Å². The van der Waals surface area contributed by atoms with Gasteiger partial charge >= 0.3 is 5.97 Å². The fourth-order valence-corrected chi connectivity index (χ4v) is 2.25.